The number of hydrogen-bond acceptors (Lipinski definition) is 2. The second kappa shape index (κ2) is 5.68. The standard InChI is InChI=1S/C7H7O2S.ClH.Zn/c1-10(8,9)7-5-3-2-4-6-7;;/h3-6H,1H3;1H;/q-1;;+2/p-1. The van der Waals surface area contributed by atoms with Gasteiger partial charge in [-0.05, 0) is 4.90 Å². The number of sulfone groups is 1. The number of hydrogen-bond donors (Lipinski definition) is 0. The van der Waals surface area contributed by atoms with Crippen LogP contribution in [0.2, 0.25) is 0 Å². The van der Waals surface area contributed by atoms with E-state index in [4.69, 9.17) is 9.69 Å². The van der Waals surface area contributed by atoms with Gasteiger partial charge in [-0.15, -0.1) is 0 Å². The van der Waals surface area contributed by atoms with Crippen LogP contribution in [0.3, 0.4) is 0 Å². The average molecular weight is 256 g/mol. The minimum atomic E-state index is -3.02. The number of benzene rings is 1. The summed E-state index contributed by atoms with van der Waals surface area (Å²) in [5, 5.41) is 0. The van der Waals surface area contributed by atoms with Crippen LogP contribution in [0.15, 0.2) is 29.2 Å². The molecular formula is C7H7ClO2SZn. The molecule has 0 aliphatic rings. The first kappa shape index (κ1) is 12.1. The molecule has 0 aliphatic carbocycles. The predicted octanol–water partition coefficient (Wildman–Crippen LogP) is 1.58. The van der Waals surface area contributed by atoms with E-state index in [1.54, 1.807) is 12.1 Å². The fourth-order valence-corrected chi connectivity index (χ4v) is 1.25. The summed E-state index contributed by atoms with van der Waals surface area (Å²) < 4.78 is 21.6. The molecule has 0 spiro atoms. The molecule has 0 aromatic heterocycles. The van der Waals surface area contributed by atoms with Crippen molar-refractivity contribution in [2.24, 2.45) is 0 Å². The maximum atomic E-state index is 10.8. The Hall–Kier alpha value is 0.0834. The van der Waals surface area contributed by atoms with Crippen LogP contribution in [-0.4, -0.2) is 14.7 Å². The van der Waals surface area contributed by atoms with Crippen molar-refractivity contribution in [3.8, 4) is 0 Å². The van der Waals surface area contributed by atoms with E-state index in [-0.39, 0.29) is 0 Å². The van der Waals surface area contributed by atoms with E-state index in [2.05, 4.69) is 6.07 Å². The Morgan fingerprint density at radius 2 is 1.75 bits per heavy atom. The molecule has 0 atom stereocenters. The zero-order chi connectivity index (χ0) is 9.61. The molecule has 1 rings (SSSR count). The molecule has 5 heteroatoms. The fraction of sp³-hybridized carbons (Fsp3) is 0.143. The van der Waals surface area contributed by atoms with Gasteiger partial charge in [0.25, 0.3) is 0 Å². The normalized spacial score (nSPS) is 10.0. The zero-order valence-electron chi connectivity index (χ0n) is 6.62. The summed E-state index contributed by atoms with van der Waals surface area (Å²) in [7, 11) is 1.74. The summed E-state index contributed by atoms with van der Waals surface area (Å²) in [6.45, 7) is 0. The molecule has 0 saturated heterocycles. The third kappa shape index (κ3) is 4.19. The van der Waals surface area contributed by atoms with Gasteiger partial charge in [-0.3, -0.25) is 0 Å². The summed E-state index contributed by atoms with van der Waals surface area (Å²) in [6, 6.07) is 8.95. The van der Waals surface area contributed by atoms with Crippen molar-refractivity contribution >= 4 is 19.5 Å². The van der Waals surface area contributed by atoms with Gasteiger partial charge in [0.1, 0.15) is 0 Å². The summed E-state index contributed by atoms with van der Waals surface area (Å²) in [6.07, 6.45) is 1.18. The third-order valence-electron chi connectivity index (χ3n) is 1.12. The Bertz CT molecular complexity index is 309. The van der Waals surface area contributed by atoms with Crippen LogP contribution in [0.4, 0.5) is 0 Å². The third-order valence-corrected chi connectivity index (χ3v) is 2.24. The predicted molar refractivity (Wildman–Crippen MR) is 44.2 cm³/mol. The van der Waals surface area contributed by atoms with Crippen LogP contribution in [0, 0.1) is 6.07 Å². The Balaban J connectivity index is 0.000000561. The molecular weight excluding hydrogens is 249 g/mol. The van der Waals surface area contributed by atoms with Gasteiger partial charge in [-0.2, -0.15) is 30.3 Å². The molecule has 1 aromatic rings. The van der Waals surface area contributed by atoms with Crippen molar-refractivity contribution in [2.75, 3.05) is 6.26 Å². The Morgan fingerprint density at radius 1 is 1.33 bits per heavy atom. The topological polar surface area (TPSA) is 34.1 Å². The molecule has 0 unspecified atom stereocenters. The summed E-state index contributed by atoms with van der Waals surface area (Å²) in [5.74, 6) is 0. The molecule has 0 heterocycles. The van der Waals surface area contributed by atoms with Crippen LogP contribution >= 0.6 is 9.69 Å². The van der Waals surface area contributed by atoms with E-state index in [1.807, 2.05) is 0 Å². The van der Waals surface area contributed by atoms with E-state index >= 15 is 0 Å². The van der Waals surface area contributed by atoms with Gasteiger partial charge >= 0.3 is 27.0 Å². The van der Waals surface area contributed by atoms with E-state index in [0.29, 0.717) is 4.90 Å². The van der Waals surface area contributed by atoms with Crippen LogP contribution in [0.1, 0.15) is 0 Å². The van der Waals surface area contributed by atoms with Crippen molar-refractivity contribution in [3.05, 3.63) is 30.3 Å². The average Bonchev–Trinajstić information content (AvgIpc) is 2.08. The van der Waals surface area contributed by atoms with Gasteiger partial charge < -0.3 is 0 Å². The molecule has 62 valence electrons. The van der Waals surface area contributed by atoms with Crippen LogP contribution < -0.4 is 0 Å². The monoisotopic (exact) mass is 254 g/mol. The van der Waals surface area contributed by atoms with Gasteiger partial charge in [0.2, 0.25) is 0 Å². The summed E-state index contributed by atoms with van der Waals surface area (Å²) >= 11 is 0.847. The number of halogens is 1. The molecule has 12 heavy (non-hydrogen) atoms. The molecule has 0 aliphatic heterocycles. The maximum absolute atomic E-state index is 10.8. The quantitative estimate of drug-likeness (QED) is 0.564. The van der Waals surface area contributed by atoms with E-state index in [9.17, 15) is 8.42 Å². The van der Waals surface area contributed by atoms with Gasteiger partial charge in [0, 0.05) is 6.26 Å². The van der Waals surface area contributed by atoms with Crippen molar-refractivity contribution in [1.29, 1.82) is 0 Å². The summed E-state index contributed by atoms with van der Waals surface area (Å²) in [5.41, 5.74) is 0. The molecule has 0 fully saturated rings. The van der Waals surface area contributed by atoms with Crippen LogP contribution in [0.25, 0.3) is 0 Å². The SMILES string of the molecule is CS(=O)(=O)c1cc[c-]cc1.[Cl][Zn+]. The molecule has 1 aromatic carbocycles. The first-order valence-corrected chi connectivity index (χ1v) is 8.82. The van der Waals surface area contributed by atoms with Crippen molar-refractivity contribution in [1.82, 2.24) is 0 Å². The van der Waals surface area contributed by atoms with Gasteiger partial charge in [-0.1, -0.05) is 0 Å². The van der Waals surface area contributed by atoms with Gasteiger partial charge in [0.15, 0.2) is 9.84 Å². The molecule has 0 saturated carbocycles. The van der Waals surface area contributed by atoms with Crippen molar-refractivity contribution in [2.45, 2.75) is 4.90 Å². The summed E-state index contributed by atoms with van der Waals surface area (Å²) in [4.78, 5) is 0.339. The van der Waals surface area contributed by atoms with E-state index in [1.165, 1.54) is 18.4 Å². The van der Waals surface area contributed by atoms with E-state index in [0.717, 1.165) is 17.3 Å². The molecule has 0 N–H and O–H groups in total. The molecule has 2 nitrogen and oxygen atoms in total. The molecule has 0 amide bonds. The second-order valence-electron chi connectivity index (χ2n) is 2.01. The van der Waals surface area contributed by atoms with Crippen molar-refractivity contribution < 1.29 is 25.7 Å². The van der Waals surface area contributed by atoms with Gasteiger partial charge in [0.05, 0.1) is 0 Å². The Morgan fingerprint density at radius 3 is 2.00 bits per heavy atom. The Kier molecular flexibility index (Phi) is 5.72. The van der Waals surface area contributed by atoms with Crippen LogP contribution in [-0.2, 0) is 27.1 Å². The van der Waals surface area contributed by atoms with E-state index < -0.39 is 9.84 Å². The molecule has 0 radical (unpaired) electrons. The zero-order valence-corrected chi connectivity index (χ0v) is 11.2. The second-order valence-corrected chi connectivity index (χ2v) is 4.02. The molecule has 0 bridgehead atoms. The first-order chi connectivity index (χ1) is 5.61. The van der Waals surface area contributed by atoms with Crippen LogP contribution in [0.5, 0.6) is 0 Å². The van der Waals surface area contributed by atoms with Gasteiger partial charge in [-0.25, -0.2) is 8.42 Å². The minimum absolute atomic E-state index is 0.339. The number of rotatable bonds is 1. The first-order valence-electron chi connectivity index (χ1n) is 3.03. The van der Waals surface area contributed by atoms with Crippen molar-refractivity contribution in [3.63, 3.8) is 0 Å². The fourth-order valence-electron chi connectivity index (χ4n) is 0.619. The Labute approximate surface area is 86.6 Å².